The average Bonchev–Trinajstić information content (AvgIpc) is 3.35. The van der Waals surface area contributed by atoms with E-state index in [4.69, 9.17) is 19.2 Å². The lowest BCUT2D eigenvalue weighted by molar-refractivity contribution is -0.143. The molecule has 2 atom stereocenters. The Labute approximate surface area is 293 Å². The number of nitrogens with zero attached hydrogens (tertiary/aromatic N) is 4. The second kappa shape index (κ2) is 13.6. The number of amides is 1. The molecule has 2 saturated heterocycles. The molecule has 274 valence electrons. The summed E-state index contributed by atoms with van der Waals surface area (Å²) in [4.78, 5) is 37.3. The maximum atomic E-state index is 13.7. The molecule has 2 fully saturated rings. The second-order valence-corrected chi connectivity index (χ2v) is 12.6. The number of benzene rings is 3. The third-order valence-corrected chi connectivity index (χ3v) is 9.24. The molecule has 1 unspecified atom stereocenters. The van der Waals surface area contributed by atoms with Gasteiger partial charge in [-0.3, -0.25) is 4.90 Å². The first-order chi connectivity index (χ1) is 24.5. The number of alkyl halides is 6. The van der Waals surface area contributed by atoms with Gasteiger partial charge >= 0.3 is 24.4 Å². The summed E-state index contributed by atoms with van der Waals surface area (Å²) in [6.45, 7) is 3.96. The fourth-order valence-corrected chi connectivity index (χ4v) is 6.33. The summed E-state index contributed by atoms with van der Waals surface area (Å²) in [7, 11) is 3.03. The second-order valence-electron chi connectivity index (χ2n) is 12.6. The number of cyclic esters (lactones) is 1. The van der Waals surface area contributed by atoms with Crippen LogP contribution >= 0.6 is 0 Å². The van der Waals surface area contributed by atoms with Crippen molar-refractivity contribution >= 4 is 18.0 Å². The number of rotatable bonds is 9. The van der Waals surface area contributed by atoms with Gasteiger partial charge in [0, 0.05) is 37.5 Å². The molecule has 3 aromatic carbocycles. The highest BCUT2D eigenvalue weighted by atomic mass is 19.4. The molecule has 16 heteroatoms. The van der Waals surface area contributed by atoms with Crippen LogP contribution in [0.15, 0.2) is 60.8 Å². The van der Waals surface area contributed by atoms with Gasteiger partial charge in [-0.1, -0.05) is 12.1 Å². The van der Waals surface area contributed by atoms with Crippen molar-refractivity contribution in [2.45, 2.75) is 51.0 Å². The molecule has 0 spiro atoms. The van der Waals surface area contributed by atoms with Crippen LogP contribution in [0.3, 0.4) is 0 Å². The van der Waals surface area contributed by atoms with E-state index in [1.54, 1.807) is 50.6 Å². The maximum absolute atomic E-state index is 13.7. The van der Waals surface area contributed by atoms with Crippen molar-refractivity contribution in [3.05, 3.63) is 94.3 Å². The predicted molar refractivity (Wildman–Crippen MR) is 175 cm³/mol. The Kier molecular flexibility index (Phi) is 9.55. The van der Waals surface area contributed by atoms with E-state index >= 15 is 0 Å². The Balaban J connectivity index is 1.41. The van der Waals surface area contributed by atoms with Crippen molar-refractivity contribution in [1.82, 2.24) is 14.9 Å². The van der Waals surface area contributed by atoms with Crippen LogP contribution in [0, 0.1) is 6.92 Å². The summed E-state index contributed by atoms with van der Waals surface area (Å²) in [5, 5.41) is 9.43. The summed E-state index contributed by atoms with van der Waals surface area (Å²) in [5.41, 5.74) is -0.0373. The Morgan fingerprint density at radius 2 is 1.62 bits per heavy atom. The number of carbonyl (C=O) groups excluding carboxylic acids is 1. The van der Waals surface area contributed by atoms with Gasteiger partial charge in [0.15, 0.2) is 0 Å². The molecular weight excluding hydrogens is 698 g/mol. The topological polar surface area (TPSA) is 114 Å². The van der Waals surface area contributed by atoms with Crippen LogP contribution in [0.25, 0.3) is 22.3 Å². The number of aromatic carboxylic acids is 1. The monoisotopic (exact) mass is 730 g/mol. The summed E-state index contributed by atoms with van der Waals surface area (Å²) in [5.74, 6) is -0.355. The largest absolute Gasteiger partial charge is 0.496 e. The van der Waals surface area contributed by atoms with Crippen LogP contribution in [-0.2, 0) is 28.4 Å². The molecule has 1 aromatic heterocycles. The number of methoxy groups -OCH3 is 2. The highest BCUT2D eigenvalue weighted by Gasteiger charge is 2.44. The fraction of sp³-hybridized carbons (Fsp3) is 0.333. The first kappa shape index (κ1) is 36.4. The number of carboxylic acids is 1. The number of hydrogen-bond donors (Lipinski definition) is 1. The minimum atomic E-state index is -5.09. The minimum absolute atomic E-state index is 0.0187. The van der Waals surface area contributed by atoms with Crippen LogP contribution in [0.1, 0.15) is 51.3 Å². The van der Waals surface area contributed by atoms with Crippen molar-refractivity contribution < 1.29 is 55.2 Å². The average molecular weight is 731 g/mol. The van der Waals surface area contributed by atoms with Crippen molar-refractivity contribution in [1.29, 1.82) is 0 Å². The molecule has 0 aliphatic carbocycles. The molecule has 3 heterocycles. The molecule has 1 amide bonds. The number of hydrogen-bond acceptors (Lipinski definition) is 8. The van der Waals surface area contributed by atoms with Crippen molar-refractivity contribution in [2.24, 2.45) is 0 Å². The van der Waals surface area contributed by atoms with Gasteiger partial charge in [0.2, 0.25) is 5.95 Å². The fourth-order valence-electron chi connectivity index (χ4n) is 6.33. The number of halogens is 6. The summed E-state index contributed by atoms with van der Waals surface area (Å²) in [6.07, 6.45) is -11.1. The van der Waals surface area contributed by atoms with E-state index in [1.807, 2.05) is 4.90 Å². The van der Waals surface area contributed by atoms with Gasteiger partial charge in [0.1, 0.15) is 11.9 Å². The van der Waals surface area contributed by atoms with E-state index in [0.29, 0.717) is 64.9 Å². The Morgan fingerprint density at radius 3 is 2.19 bits per heavy atom. The van der Waals surface area contributed by atoms with Crippen LogP contribution in [0.2, 0.25) is 0 Å². The van der Waals surface area contributed by atoms with Crippen LogP contribution in [0.5, 0.6) is 5.75 Å². The van der Waals surface area contributed by atoms with E-state index in [1.165, 1.54) is 25.0 Å². The van der Waals surface area contributed by atoms with E-state index in [0.717, 1.165) is 5.56 Å². The SMILES string of the molecule is COc1ccc(-c2ccc(C(=O)O)cc2C)cc1-c1cnc(N2CC(OC)C2)nc1CN1C(=O)O[C@H](c2cc(C(F)(F)F)cc(C(F)(F)F)c2)C1C. The van der Waals surface area contributed by atoms with Crippen LogP contribution < -0.4 is 9.64 Å². The number of carboxylic acid groups (broad SMARTS) is 1. The molecular formula is C36H32F6N4O6. The zero-order valence-corrected chi connectivity index (χ0v) is 28.2. The Bertz CT molecular complexity index is 2000. The highest BCUT2D eigenvalue weighted by Crippen LogP contribution is 2.42. The molecule has 1 N–H and O–H groups in total. The van der Waals surface area contributed by atoms with E-state index in [2.05, 4.69) is 4.98 Å². The van der Waals surface area contributed by atoms with E-state index in [-0.39, 0.29) is 24.3 Å². The summed E-state index contributed by atoms with van der Waals surface area (Å²) in [6, 6.07) is 10.1. The van der Waals surface area contributed by atoms with E-state index in [9.17, 15) is 41.0 Å². The lowest BCUT2D eigenvalue weighted by Crippen LogP contribution is -2.52. The summed E-state index contributed by atoms with van der Waals surface area (Å²) < 4.78 is 98.5. The molecule has 2 aliphatic rings. The van der Waals surface area contributed by atoms with Gasteiger partial charge in [0.05, 0.1) is 48.2 Å². The van der Waals surface area contributed by atoms with E-state index < -0.39 is 53.3 Å². The first-order valence-electron chi connectivity index (χ1n) is 15.9. The van der Waals surface area contributed by atoms with Crippen molar-refractivity contribution in [3.8, 4) is 28.0 Å². The number of anilines is 1. The van der Waals surface area contributed by atoms with Crippen molar-refractivity contribution in [3.63, 3.8) is 0 Å². The Morgan fingerprint density at radius 1 is 0.942 bits per heavy atom. The van der Waals surface area contributed by atoms with Gasteiger partial charge in [-0.05, 0) is 78.6 Å². The Hall–Kier alpha value is -5.38. The smallest absolute Gasteiger partial charge is 0.416 e. The zero-order valence-electron chi connectivity index (χ0n) is 28.2. The molecule has 6 rings (SSSR count). The maximum Gasteiger partial charge on any atom is 0.416 e. The van der Waals surface area contributed by atoms with Crippen LogP contribution in [-0.4, -0.2) is 71.5 Å². The molecule has 10 nitrogen and oxygen atoms in total. The quantitative estimate of drug-likeness (QED) is 0.173. The molecule has 4 aromatic rings. The third kappa shape index (κ3) is 7.07. The first-order valence-corrected chi connectivity index (χ1v) is 15.9. The van der Waals surface area contributed by atoms with Crippen LogP contribution in [0.4, 0.5) is 37.1 Å². The molecule has 0 radical (unpaired) electrons. The van der Waals surface area contributed by atoms with Gasteiger partial charge in [-0.25, -0.2) is 19.6 Å². The predicted octanol–water partition coefficient (Wildman–Crippen LogP) is 7.78. The minimum Gasteiger partial charge on any atom is -0.496 e. The third-order valence-electron chi connectivity index (χ3n) is 9.24. The van der Waals surface area contributed by atoms with Gasteiger partial charge in [0.25, 0.3) is 0 Å². The lowest BCUT2D eigenvalue weighted by Gasteiger charge is -2.38. The van der Waals surface area contributed by atoms with Crippen molar-refractivity contribution in [2.75, 3.05) is 32.2 Å². The number of carbonyl (C=O) groups is 2. The molecule has 2 aliphatic heterocycles. The lowest BCUT2D eigenvalue weighted by atomic mass is 9.94. The highest BCUT2D eigenvalue weighted by molar-refractivity contribution is 5.89. The summed E-state index contributed by atoms with van der Waals surface area (Å²) >= 11 is 0. The number of ether oxygens (including phenoxy) is 3. The normalized spacial score (nSPS) is 18.0. The standard InChI is InChI=1S/C36H32F6N4O6/c1-18-9-21(32(47)48)5-7-26(18)20-6-8-30(51-4)27(12-20)28-14-43-33(45-15-25(16-45)50-3)44-29(28)17-46-19(2)31(52-34(46)49)22-10-23(35(37,38)39)13-24(11-22)36(40,41)42/h5-14,19,25,31H,15-17H2,1-4H3,(H,47,48)/t19?,31-/m0/s1. The van der Waals surface area contributed by atoms with Gasteiger partial charge in [-0.2, -0.15) is 26.3 Å². The number of aryl methyl sites for hydroxylation is 1. The zero-order chi connectivity index (χ0) is 37.7. The van der Waals surface area contributed by atoms with Gasteiger partial charge in [-0.15, -0.1) is 0 Å². The van der Waals surface area contributed by atoms with Gasteiger partial charge < -0.3 is 24.2 Å². The molecule has 52 heavy (non-hydrogen) atoms. The number of aromatic nitrogens is 2. The molecule has 0 saturated carbocycles. The molecule has 0 bridgehead atoms.